The zero-order valence-electron chi connectivity index (χ0n) is 12.8. The van der Waals surface area contributed by atoms with Gasteiger partial charge in [0.2, 0.25) is 0 Å². The summed E-state index contributed by atoms with van der Waals surface area (Å²) in [5.41, 5.74) is 3.75. The van der Waals surface area contributed by atoms with Crippen molar-refractivity contribution in [1.82, 2.24) is 5.32 Å². The van der Waals surface area contributed by atoms with Crippen LogP contribution in [0.2, 0.25) is 0 Å². The first-order valence-electron chi connectivity index (χ1n) is 7.09. The predicted octanol–water partition coefficient (Wildman–Crippen LogP) is 4.00. The molecule has 2 nitrogen and oxygen atoms in total. The molecule has 0 spiro atoms. The van der Waals surface area contributed by atoms with Crippen LogP contribution in [0.5, 0.6) is 5.75 Å². The second-order valence-corrected chi connectivity index (χ2v) is 5.51. The molecule has 0 aromatic heterocycles. The third-order valence-corrected chi connectivity index (χ3v) is 2.97. The zero-order valence-corrected chi connectivity index (χ0v) is 12.8. The van der Waals surface area contributed by atoms with Gasteiger partial charge in [-0.3, -0.25) is 0 Å². The average molecular weight is 261 g/mol. The monoisotopic (exact) mass is 261 g/mol. The first kappa shape index (κ1) is 15.8. The van der Waals surface area contributed by atoms with Crippen molar-refractivity contribution in [2.75, 3.05) is 13.2 Å². The Morgan fingerprint density at radius 1 is 1.26 bits per heavy atom. The van der Waals surface area contributed by atoms with Crippen LogP contribution in [0, 0.1) is 19.8 Å². The van der Waals surface area contributed by atoms with Gasteiger partial charge in [0.15, 0.2) is 0 Å². The van der Waals surface area contributed by atoms with Gasteiger partial charge in [-0.25, -0.2) is 0 Å². The Hall–Kier alpha value is -1.28. The third-order valence-electron chi connectivity index (χ3n) is 2.97. The molecule has 19 heavy (non-hydrogen) atoms. The van der Waals surface area contributed by atoms with E-state index in [4.69, 9.17) is 4.74 Å². The Kier molecular flexibility index (Phi) is 6.65. The van der Waals surface area contributed by atoms with Crippen LogP contribution in [0.15, 0.2) is 24.8 Å². The Morgan fingerprint density at radius 2 is 1.89 bits per heavy atom. The molecule has 0 bridgehead atoms. The molecule has 0 radical (unpaired) electrons. The van der Waals surface area contributed by atoms with E-state index in [-0.39, 0.29) is 0 Å². The summed E-state index contributed by atoms with van der Waals surface area (Å²) in [4.78, 5) is 0. The molecule has 0 aliphatic rings. The number of nitrogens with one attached hydrogen (secondary N) is 1. The van der Waals surface area contributed by atoms with Crippen LogP contribution in [-0.2, 0) is 6.54 Å². The largest absolute Gasteiger partial charge is 0.493 e. The summed E-state index contributed by atoms with van der Waals surface area (Å²) in [5, 5.41) is 3.47. The highest BCUT2D eigenvalue weighted by Crippen LogP contribution is 2.25. The van der Waals surface area contributed by atoms with Gasteiger partial charge in [-0.05, 0) is 49.4 Å². The van der Waals surface area contributed by atoms with E-state index in [1.165, 1.54) is 16.7 Å². The van der Waals surface area contributed by atoms with E-state index in [0.717, 1.165) is 25.3 Å². The normalized spacial score (nSPS) is 10.8. The van der Waals surface area contributed by atoms with Crippen LogP contribution in [0.25, 0.3) is 0 Å². The van der Waals surface area contributed by atoms with E-state index >= 15 is 0 Å². The van der Waals surface area contributed by atoms with Gasteiger partial charge >= 0.3 is 0 Å². The lowest BCUT2D eigenvalue weighted by atomic mass is 10.1. The molecule has 1 aromatic rings. The molecule has 0 aliphatic heterocycles. The number of hydrogen-bond acceptors (Lipinski definition) is 2. The zero-order chi connectivity index (χ0) is 14.3. The molecule has 0 heterocycles. The van der Waals surface area contributed by atoms with Crippen molar-refractivity contribution < 1.29 is 4.74 Å². The lowest BCUT2D eigenvalue weighted by molar-refractivity contribution is 0.320. The second-order valence-electron chi connectivity index (χ2n) is 5.51. The minimum Gasteiger partial charge on any atom is -0.493 e. The van der Waals surface area contributed by atoms with Crippen LogP contribution in [0.4, 0.5) is 0 Å². The highest BCUT2D eigenvalue weighted by Gasteiger charge is 2.06. The fraction of sp³-hybridized carbons (Fsp3) is 0.529. The maximum Gasteiger partial charge on any atom is 0.125 e. The molecule has 0 unspecified atom stereocenters. The maximum absolute atomic E-state index is 5.81. The molecule has 2 heteroatoms. The lowest BCUT2D eigenvalue weighted by Crippen LogP contribution is -2.19. The molecule has 0 amide bonds. The molecule has 1 N–H and O–H groups in total. The fourth-order valence-corrected chi connectivity index (χ4v) is 2.12. The summed E-state index contributed by atoms with van der Waals surface area (Å²) in [6.07, 6.45) is 2.77. The Labute approximate surface area is 117 Å². The van der Waals surface area contributed by atoms with Crippen molar-refractivity contribution in [3.05, 3.63) is 41.5 Å². The van der Waals surface area contributed by atoms with Gasteiger partial charge in [-0.2, -0.15) is 0 Å². The summed E-state index contributed by atoms with van der Waals surface area (Å²) >= 11 is 0. The van der Waals surface area contributed by atoms with Gasteiger partial charge < -0.3 is 10.1 Å². The molecule has 0 saturated carbocycles. The topological polar surface area (TPSA) is 21.3 Å². The number of hydrogen-bond donors (Lipinski definition) is 1. The smallest absolute Gasteiger partial charge is 0.125 e. The van der Waals surface area contributed by atoms with Gasteiger partial charge in [-0.15, -0.1) is 6.58 Å². The fourth-order valence-electron chi connectivity index (χ4n) is 2.12. The van der Waals surface area contributed by atoms with Gasteiger partial charge in [0.1, 0.15) is 5.75 Å². The van der Waals surface area contributed by atoms with E-state index in [1.807, 2.05) is 6.08 Å². The Balaban J connectivity index is 2.64. The van der Waals surface area contributed by atoms with Crippen LogP contribution in [-0.4, -0.2) is 13.2 Å². The highest BCUT2D eigenvalue weighted by molar-refractivity contribution is 5.43. The van der Waals surface area contributed by atoms with Crippen LogP contribution >= 0.6 is 0 Å². The maximum atomic E-state index is 5.81. The van der Waals surface area contributed by atoms with E-state index in [2.05, 4.69) is 51.7 Å². The average Bonchev–Trinajstić information content (AvgIpc) is 2.32. The van der Waals surface area contributed by atoms with Crippen molar-refractivity contribution in [3.8, 4) is 5.75 Å². The molecule has 0 fully saturated rings. The lowest BCUT2D eigenvalue weighted by Gasteiger charge is -2.14. The number of benzene rings is 1. The summed E-state index contributed by atoms with van der Waals surface area (Å²) in [6.45, 7) is 15.1. The second kappa shape index (κ2) is 8.00. The molecule has 1 aromatic carbocycles. The minimum absolute atomic E-state index is 0.684. The van der Waals surface area contributed by atoms with E-state index in [1.54, 1.807) is 0 Å². The van der Waals surface area contributed by atoms with Gasteiger partial charge in [0.25, 0.3) is 0 Å². The van der Waals surface area contributed by atoms with Crippen LogP contribution in [0.1, 0.15) is 37.0 Å². The van der Waals surface area contributed by atoms with E-state index in [0.29, 0.717) is 12.5 Å². The minimum atomic E-state index is 0.684. The van der Waals surface area contributed by atoms with Crippen molar-refractivity contribution >= 4 is 0 Å². The van der Waals surface area contributed by atoms with Gasteiger partial charge in [0, 0.05) is 6.54 Å². The molecule has 106 valence electrons. The summed E-state index contributed by atoms with van der Waals surface area (Å²) < 4.78 is 5.81. The van der Waals surface area contributed by atoms with E-state index < -0.39 is 0 Å². The number of ether oxygens (including phenoxy) is 1. The van der Waals surface area contributed by atoms with E-state index in [9.17, 15) is 0 Å². The van der Waals surface area contributed by atoms with Crippen molar-refractivity contribution in [3.63, 3.8) is 0 Å². The molecule has 0 saturated heterocycles. The van der Waals surface area contributed by atoms with Crippen molar-refractivity contribution in [1.29, 1.82) is 0 Å². The molecule has 0 atom stereocenters. The Bertz CT molecular complexity index is 387. The van der Waals surface area contributed by atoms with Gasteiger partial charge in [0.05, 0.1) is 6.61 Å². The Morgan fingerprint density at radius 3 is 2.42 bits per heavy atom. The van der Waals surface area contributed by atoms with Crippen molar-refractivity contribution in [2.45, 2.75) is 40.7 Å². The first-order valence-corrected chi connectivity index (χ1v) is 7.09. The van der Waals surface area contributed by atoms with Crippen molar-refractivity contribution in [2.24, 2.45) is 5.92 Å². The van der Waals surface area contributed by atoms with Gasteiger partial charge in [-0.1, -0.05) is 32.1 Å². The third kappa shape index (κ3) is 5.48. The quantitative estimate of drug-likeness (QED) is 0.564. The summed E-state index contributed by atoms with van der Waals surface area (Å²) in [7, 11) is 0. The number of aryl methyl sites for hydroxylation is 2. The first-order chi connectivity index (χ1) is 9.04. The predicted molar refractivity (Wildman–Crippen MR) is 82.8 cm³/mol. The summed E-state index contributed by atoms with van der Waals surface area (Å²) in [5.74, 6) is 1.71. The molecular weight excluding hydrogens is 234 g/mol. The SMILES string of the molecule is C=CCCOc1c(C)cc(CNCC(C)C)cc1C. The highest BCUT2D eigenvalue weighted by atomic mass is 16.5. The molecule has 0 aliphatic carbocycles. The summed E-state index contributed by atoms with van der Waals surface area (Å²) in [6, 6.07) is 4.42. The molecule has 1 rings (SSSR count). The molecular formula is C17H27NO. The number of rotatable bonds is 8. The standard InChI is InChI=1S/C17H27NO/c1-6-7-8-19-17-14(4)9-16(10-15(17)5)12-18-11-13(2)3/h6,9-10,13,18H,1,7-8,11-12H2,2-5H3. The van der Waals surface area contributed by atoms with Crippen LogP contribution in [0.3, 0.4) is 0 Å². The van der Waals surface area contributed by atoms with Crippen LogP contribution < -0.4 is 10.1 Å².